The Bertz CT molecular complexity index is 169. The molecule has 1 nitrogen and oxygen atoms in total. The summed E-state index contributed by atoms with van der Waals surface area (Å²) in [5.74, 6) is 0. The molecular weight excluding hydrogens is 465 g/mol. The van der Waals surface area contributed by atoms with E-state index in [0.717, 1.165) is 0 Å². The molecule has 11 heavy (non-hydrogen) atoms. The van der Waals surface area contributed by atoms with Gasteiger partial charge in [0.15, 0.2) is 0 Å². The molecular formula is C7H9Br2NPb. The predicted molar refractivity (Wildman–Crippen MR) is 57.9 cm³/mol. The molecule has 4 heteroatoms. The zero-order chi connectivity index (χ0) is 8.53. The molecule has 0 amide bonds. The first kappa shape index (κ1) is 12.1. The number of benzene rings is 1. The van der Waals surface area contributed by atoms with Crippen LogP contribution in [0, 0.1) is 0 Å². The summed E-state index contributed by atoms with van der Waals surface area (Å²) in [5.41, 5.74) is 6.54. The maximum atomic E-state index is 5.35. The van der Waals surface area contributed by atoms with Gasteiger partial charge >= 0.3 is 43.4 Å². The molecule has 0 aliphatic carbocycles. The van der Waals surface area contributed by atoms with Crippen LogP contribution in [0.3, 0.4) is 0 Å². The quantitative estimate of drug-likeness (QED) is 0.623. The molecule has 2 radical (unpaired) electrons. The van der Waals surface area contributed by atoms with E-state index in [-0.39, 0.29) is 19.4 Å². The number of halogens is 2. The van der Waals surface area contributed by atoms with Crippen molar-refractivity contribution in [3.05, 3.63) is 35.9 Å². The molecule has 0 saturated heterocycles. The molecule has 0 spiro atoms. The van der Waals surface area contributed by atoms with E-state index in [2.05, 4.69) is 24.0 Å². The summed E-state index contributed by atoms with van der Waals surface area (Å²) in [6.07, 6.45) is 0. The van der Waals surface area contributed by atoms with Crippen molar-refractivity contribution in [1.82, 2.24) is 0 Å². The third kappa shape index (κ3) is 7.42. The van der Waals surface area contributed by atoms with Gasteiger partial charge in [-0.1, -0.05) is 30.3 Å². The third-order valence-corrected chi connectivity index (χ3v) is 1.08. The van der Waals surface area contributed by atoms with Gasteiger partial charge in [0.25, 0.3) is 0 Å². The van der Waals surface area contributed by atoms with Crippen LogP contribution in [0.15, 0.2) is 30.3 Å². The van der Waals surface area contributed by atoms with Crippen molar-refractivity contribution in [2.45, 2.75) is 6.54 Å². The van der Waals surface area contributed by atoms with Gasteiger partial charge in [0, 0.05) is 6.54 Å². The standard InChI is InChI=1S/C7H9N.2BrH.Pb/c8-6-7-4-2-1-3-5-7;;;/h1-5H,6,8H2;2*1H;/q;;;+2/p-2. The van der Waals surface area contributed by atoms with Crippen LogP contribution in [0.4, 0.5) is 0 Å². The SMILES string of the molecule is NCc1ccccc1.[Br][Pb][Br]. The van der Waals surface area contributed by atoms with Gasteiger partial charge in [0.05, 0.1) is 0 Å². The molecule has 0 unspecified atom stereocenters. The number of hydrogen-bond acceptors (Lipinski definition) is 1. The molecule has 0 bridgehead atoms. The Kier molecular flexibility index (Phi) is 10.0. The monoisotopic (exact) mass is 473 g/mol. The van der Waals surface area contributed by atoms with Crippen molar-refractivity contribution in [1.29, 1.82) is 0 Å². The van der Waals surface area contributed by atoms with Crippen molar-refractivity contribution >= 4 is 43.4 Å². The second-order valence-corrected chi connectivity index (χ2v) is 18.6. The summed E-state index contributed by atoms with van der Waals surface area (Å²) >= 11 is 6.22. The fraction of sp³-hybridized carbons (Fsp3) is 0.143. The van der Waals surface area contributed by atoms with Crippen molar-refractivity contribution < 1.29 is 0 Å². The van der Waals surface area contributed by atoms with E-state index < -0.39 is 0 Å². The Hall–Kier alpha value is 1.06. The van der Waals surface area contributed by atoms with Crippen LogP contribution in [-0.4, -0.2) is 19.4 Å². The summed E-state index contributed by atoms with van der Waals surface area (Å²) in [6, 6.07) is 9.99. The fourth-order valence-corrected chi connectivity index (χ4v) is 0.614. The third-order valence-electron chi connectivity index (χ3n) is 1.08. The summed E-state index contributed by atoms with van der Waals surface area (Å²) in [5, 5.41) is 0. The molecule has 1 rings (SSSR count). The Morgan fingerprint density at radius 3 is 1.91 bits per heavy atom. The van der Waals surface area contributed by atoms with Gasteiger partial charge in [-0.25, -0.2) is 0 Å². The van der Waals surface area contributed by atoms with Crippen LogP contribution in [0.5, 0.6) is 0 Å². The van der Waals surface area contributed by atoms with Crippen LogP contribution in [0.25, 0.3) is 0 Å². The molecule has 0 atom stereocenters. The first-order chi connectivity index (χ1) is 5.35. The van der Waals surface area contributed by atoms with Gasteiger partial charge in [0.2, 0.25) is 0 Å². The van der Waals surface area contributed by atoms with E-state index in [1.165, 1.54) is 5.56 Å². The van der Waals surface area contributed by atoms with E-state index in [1.807, 2.05) is 30.3 Å². The van der Waals surface area contributed by atoms with Gasteiger partial charge in [-0.05, 0) is 5.56 Å². The fourth-order valence-electron chi connectivity index (χ4n) is 0.614. The van der Waals surface area contributed by atoms with Crippen LogP contribution in [0.1, 0.15) is 5.56 Å². The van der Waals surface area contributed by atoms with E-state index in [9.17, 15) is 0 Å². The molecule has 0 heterocycles. The minimum atomic E-state index is -0.292. The zero-order valence-corrected chi connectivity index (χ0v) is 13.0. The normalized spacial score (nSPS) is 8.27. The first-order valence-electron chi connectivity index (χ1n) is 3.05. The van der Waals surface area contributed by atoms with Gasteiger partial charge in [-0.2, -0.15) is 0 Å². The Morgan fingerprint density at radius 1 is 1.18 bits per heavy atom. The maximum absolute atomic E-state index is 5.35. The first-order valence-corrected chi connectivity index (χ1v) is 19.9. The molecule has 0 fully saturated rings. The van der Waals surface area contributed by atoms with Crippen molar-refractivity contribution in [3.63, 3.8) is 0 Å². The van der Waals surface area contributed by atoms with Crippen LogP contribution in [0.2, 0.25) is 0 Å². The van der Waals surface area contributed by atoms with E-state index in [1.54, 1.807) is 0 Å². The van der Waals surface area contributed by atoms with Gasteiger partial charge in [-0.15, -0.1) is 0 Å². The number of rotatable bonds is 1. The minimum absolute atomic E-state index is 0.292. The van der Waals surface area contributed by atoms with Crippen LogP contribution in [-0.2, 0) is 6.54 Å². The molecule has 1 aromatic rings. The Labute approximate surface area is 90.6 Å². The van der Waals surface area contributed by atoms with Gasteiger partial charge < -0.3 is 5.73 Å². The molecule has 1 aromatic carbocycles. The molecule has 2 N–H and O–H groups in total. The molecule has 0 aromatic heterocycles. The number of hydrogen-bond donors (Lipinski definition) is 1. The zero-order valence-electron chi connectivity index (χ0n) is 5.93. The number of nitrogens with two attached hydrogens (primary N) is 1. The average molecular weight is 474 g/mol. The summed E-state index contributed by atoms with van der Waals surface area (Å²) in [4.78, 5) is 0. The Balaban J connectivity index is 0.000000292. The second kappa shape index (κ2) is 9.15. The van der Waals surface area contributed by atoms with E-state index in [4.69, 9.17) is 5.73 Å². The topological polar surface area (TPSA) is 26.0 Å². The van der Waals surface area contributed by atoms with Crippen molar-refractivity contribution in [2.75, 3.05) is 0 Å². The molecule has 60 valence electrons. The van der Waals surface area contributed by atoms with E-state index >= 15 is 0 Å². The van der Waals surface area contributed by atoms with Gasteiger partial charge in [0.1, 0.15) is 0 Å². The van der Waals surface area contributed by atoms with Crippen molar-refractivity contribution in [2.24, 2.45) is 5.73 Å². The molecule has 0 saturated carbocycles. The van der Waals surface area contributed by atoms with Gasteiger partial charge in [-0.3, -0.25) is 0 Å². The predicted octanol–water partition coefficient (Wildman–Crippen LogP) is 2.46. The van der Waals surface area contributed by atoms with Crippen molar-refractivity contribution in [3.8, 4) is 0 Å². The summed E-state index contributed by atoms with van der Waals surface area (Å²) < 4.78 is 0. The van der Waals surface area contributed by atoms with E-state index in [0.29, 0.717) is 6.54 Å². The second-order valence-electron chi connectivity index (χ2n) is 1.76. The molecule has 0 aliphatic rings. The summed E-state index contributed by atoms with van der Waals surface area (Å²) in [6.45, 7) is 0.640. The average Bonchev–Trinajstić information content (AvgIpc) is 2.08. The van der Waals surface area contributed by atoms with Crippen LogP contribution >= 0.6 is 24.0 Å². The summed E-state index contributed by atoms with van der Waals surface area (Å²) in [7, 11) is 0. The van der Waals surface area contributed by atoms with Crippen LogP contribution < -0.4 is 5.73 Å². The molecule has 0 aliphatic heterocycles. The Morgan fingerprint density at radius 2 is 1.64 bits per heavy atom.